The van der Waals surface area contributed by atoms with Gasteiger partial charge in [-0.3, -0.25) is 4.79 Å². The predicted molar refractivity (Wildman–Crippen MR) is 98.9 cm³/mol. The van der Waals surface area contributed by atoms with Crippen LogP contribution in [0.3, 0.4) is 0 Å². The second-order valence-corrected chi connectivity index (χ2v) is 6.04. The summed E-state index contributed by atoms with van der Waals surface area (Å²) in [6, 6.07) is 14.6. The Morgan fingerprint density at radius 3 is 2.76 bits per heavy atom. The number of halogens is 1. The Labute approximate surface area is 146 Å². The molecule has 0 saturated carbocycles. The summed E-state index contributed by atoms with van der Waals surface area (Å²) in [5, 5.41) is 0.759. The Morgan fingerprint density at radius 1 is 1.20 bits per heavy atom. The Kier molecular flexibility index (Phi) is 5.29. The van der Waals surface area contributed by atoms with E-state index < -0.39 is 0 Å². The lowest BCUT2D eigenvalue weighted by atomic mass is 10.1. The molecule has 0 atom stereocenters. The van der Waals surface area contributed by atoms with Crippen molar-refractivity contribution in [1.29, 1.82) is 0 Å². The topological polar surface area (TPSA) is 36.1 Å². The minimum absolute atomic E-state index is 0.0148. The van der Waals surface area contributed by atoms with Gasteiger partial charge in [0.15, 0.2) is 0 Å². The SMILES string of the molecule is C=CCN(CCc1ccccc1)C(=O)Cc1c[nH]c2ccc(F)cc12. The summed E-state index contributed by atoms with van der Waals surface area (Å²) in [4.78, 5) is 17.6. The third-order valence-electron chi connectivity index (χ3n) is 4.29. The van der Waals surface area contributed by atoms with Gasteiger partial charge in [-0.05, 0) is 35.7 Å². The van der Waals surface area contributed by atoms with Crippen LogP contribution in [0.2, 0.25) is 0 Å². The van der Waals surface area contributed by atoms with Crippen LogP contribution in [0.4, 0.5) is 4.39 Å². The molecule has 1 aromatic heterocycles. The number of aromatic nitrogens is 1. The van der Waals surface area contributed by atoms with Crippen molar-refractivity contribution >= 4 is 16.8 Å². The van der Waals surface area contributed by atoms with E-state index in [0.29, 0.717) is 13.1 Å². The van der Waals surface area contributed by atoms with Gasteiger partial charge >= 0.3 is 0 Å². The van der Waals surface area contributed by atoms with Crippen molar-refractivity contribution in [2.45, 2.75) is 12.8 Å². The van der Waals surface area contributed by atoms with E-state index in [1.807, 2.05) is 18.2 Å². The molecule has 0 bridgehead atoms. The van der Waals surface area contributed by atoms with E-state index in [0.717, 1.165) is 22.9 Å². The van der Waals surface area contributed by atoms with Crippen molar-refractivity contribution in [2.24, 2.45) is 0 Å². The summed E-state index contributed by atoms with van der Waals surface area (Å²) < 4.78 is 13.5. The number of H-pyrrole nitrogens is 1. The molecule has 3 rings (SSSR count). The number of hydrogen-bond acceptors (Lipinski definition) is 1. The maximum Gasteiger partial charge on any atom is 0.227 e. The highest BCUT2D eigenvalue weighted by Gasteiger charge is 2.15. The van der Waals surface area contributed by atoms with Crippen LogP contribution >= 0.6 is 0 Å². The number of aromatic amines is 1. The van der Waals surface area contributed by atoms with E-state index in [-0.39, 0.29) is 18.1 Å². The molecule has 3 nitrogen and oxygen atoms in total. The lowest BCUT2D eigenvalue weighted by Gasteiger charge is -2.21. The van der Waals surface area contributed by atoms with Crippen molar-refractivity contribution < 1.29 is 9.18 Å². The Hall–Kier alpha value is -2.88. The first-order valence-electron chi connectivity index (χ1n) is 8.35. The highest BCUT2D eigenvalue weighted by atomic mass is 19.1. The molecule has 0 saturated heterocycles. The molecule has 0 aliphatic carbocycles. The second kappa shape index (κ2) is 7.79. The Balaban J connectivity index is 1.71. The average molecular weight is 336 g/mol. The number of amides is 1. The summed E-state index contributed by atoms with van der Waals surface area (Å²) in [6.07, 6.45) is 4.55. The zero-order valence-corrected chi connectivity index (χ0v) is 14.0. The van der Waals surface area contributed by atoms with Crippen molar-refractivity contribution in [3.8, 4) is 0 Å². The number of fused-ring (bicyclic) bond motifs is 1. The lowest BCUT2D eigenvalue weighted by molar-refractivity contribution is -0.129. The number of carbonyl (C=O) groups is 1. The van der Waals surface area contributed by atoms with Gasteiger partial charge in [0.2, 0.25) is 5.91 Å². The van der Waals surface area contributed by atoms with E-state index in [2.05, 4.69) is 23.7 Å². The van der Waals surface area contributed by atoms with Crippen molar-refractivity contribution in [2.75, 3.05) is 13.1 Å². The van der Waals surface area contributed by atoms with Gasteiger partial charge in [0.05, 0.1) is 6.42 Å². The molecule has 1 heterocycles. The molecular weight excluding hydrogens is 315 g/mol. The maximum absolute atomic E-state index is 13.5. The van der Waals surface area contributed by atoms with Crippen LogP contribution in [0.15, 0.2) is 67.4 Å². The molecule has 4 heteroatoms. The summed E-state index contributed by atoms with van der Waals surface area (Å²) in [6.45, 7) is 4.88. The zero-order chi connectivity index (χ0) is 17.6. The fourth-order valence-electron chi connectivity index (χ4n) is 2.95. The second-order valence-electron chi connectivity index (χ2n) is 6.04. The molecule has 3 aromatic rings. The van der Waals surface area contributed by atoms with Crippen molar-refractivity contribution in [3.63, 3.8) is 0 Å². The van der Waals surface area contributed by atoms with E-state index in [1.54, 1.807) is 23.2 Å². The summed E-state index contributed by atoms with van der Waals surface area (Å²) >= 11 is 0. The van der Waals surface area contributed by atoms with Crippen molar-refractivity contribution in [1.82, 2.24) is 9.88 Å². The van der Waals surface area contributed by atoms with E-state index >= 15 is 0 Å². The number of carbonyl (C=O) groups excluding carboxylic acids is 1. The van der Waals surface area contributed by atoms with Gasteiger partial charge in [-0.25, -0.2) is 4.39 Å². The minimum atomic E-state index is -0.298. The summed E-state index contributed by atoms with van der Waals surface area (Å²) in [5.74, 6) is -0.284. The van der Waals surface area contributed by atoms with Crippen LogP contribution in [0, 0.1) is 5.82 Å². The zero-order valence-electron chi connectivity index (χ0n) is 14.0. The third-order valence-corrected chi connectivity index (χ3v) is 4.29. The van der Waals surface area contributed by atoms with Gasteiger partial charge in [0, 0.05) is 30.2 Å². The Bertz CT molecular complexity index is 870. The number of hydrogen-bond donors (Lipinski definition) is 1. The molecule has 0 unspecified atom stereocenters. The van der Waals surface area contributed by atoms with Gasteiger partial charge in [0.25, 0.3) is 0 Å². The molecule has 0 aliphatic rings. The first kappa shape index (κ1) is 17.0. The first-order valence-corrected chi connectivity index (χ1v) is 8.35. The highest BCUT2D eigenvalue weighted by molar-refractivity contribution is 5.89. The lowest BCUT2D eigenvalue weighted by Crippen LogP contribution is -2.34. The number of benzene rings is 2. The number of nitrogens with one attached hydrogen (secondary N) is 1. The van der Waals surface area contributed by atoms with Crippen LogP contribution in [-0.4, -0.2) is 28.9 Å². The van der Waals surface area contributed by atoms with Gasteiger partial charge in [-0.2, -0.15) is 0 Å². The monoisotopic (exact) mass is 336 g/mol. The number of rotatable bonds is 7. The molecular formula is C21H21FN2O. The number of nitrogens with zero attached hydrogens (tertiary/aromatic N) is 1. The van der Waals surface area contributed by atoms with Gasteiger partial charge in [-0.15, -0.1) is 6.58 Å². The smallest absolute Gasteiger partial charge is 0.227 e. The van der Waals surface area contributed by atoms with Crippen LogP contribution in [-0.2, 0) is 17.6 Å². The van der Waals surface area contributed by atoms with Gasteiger partial charge < -0.3 is 9.88 Å². The fourth-order valence-corrected chi connectivity index (χ4v) is 2.95. The molecule has 2 aromatic carbocycles. The third kappa shape index (κ3) is 4.15. The van der Waals surface area contributed by atoms with Gasteiger partial charge in [0.1, 0.15) is 5.82 Å². The standard InChI is InChI=1S/C21H21FN2O/c1-2-11-24(12-10-16-6-4-3-5-7-16)21(25)13-17-15-23-20-9-8-18(22)14-19(17)20/h2-9,14-15,23H,1,10-13H2. The molecule has 0 aliphatic heterocycles. The molecule has 1 N–H and O–H groups in total. The molecule has 1 amide bonds. The largest absolute Gasteiger partial charge is 0.361 e. The fraction of sp³-hybridized carbons (Fsp3) is 0.190. The van der Waals surface area contributed by atoms with E-state index in [1.165, 1.54) is 17.7 Å². The maximum atomic E-state index is 13.5. The van der Waals surface area contributed by atoms with Crippen LogP contribution in [0.1, 0.15) is 11.1 Å². The molecule has 0 spiro atoms. The predicted octanol–water partition coefficient (Wildman–Crippen LogP) is 4.11. The highest BCUT2D eigenvalue weighted by Crippen LogP contribution is 2.20. The van der Waals surface area contributed by atoms with Crippen LogP contribution in [0.25, 0.3) is 10.9 Å². The first-order chi connectivity index (χ1) is 12.2. The Morgan fingerprint density at radius 2 is 2.00 bits per heavy atom. The van der Waals surface area contributed by atoms with Gasteiger partial charge in [-0.1, -0.05) is 36.4 Å². The molecule has 0 fully saturated rings. The minimum Gasteiger partial charge on any atom is -0.361 e. The molecule has 0 radical (unpaired) electrons. The van der Waals surface area contributed by atoms with E-state index in [4.69, 9.17) is 0 Å². The average Bonchev–Trinajstić information content (AvgIpc) is 3.01. The van der Waals surface area contributed by atoms with E-state index in [9.17, 15) is 9.18 Å². The normalized spacial score (nSPS) is 10.8. The quantitative estimate of drug-likeness (QED) is 0.648. The molecule has 25 heavy (non-hydrogen) atoms. The molecule has 128 valence electrons. The van der Waals surface area contributed by atoms with Crippen LogP contribution in [0.5, 0.6) is 0 Å². The summed E-state index contributed by atoms with van der Waals surface area (Å²) in [5.41, 5.74) is 2.84. The van der Waals surface area contributed by atoms with Crippen LogP contribution < -0.4 is 0 Å². The summed E-state index contributed by atoms with van der Waals surface area (Å²) in [7, 11) is 0. The van der Waals surface area contributed by atoms with Crippen molar-refractivity contribution in [3.05, 3.63) is 84.3 Å².